The van der Waals surface area contributed by atoms with E-state index in [0.29, 0.717) is 31.1 Å². The van der Waals surface area contributed by atoms with Crippen molar-refractivity contribution in [2.75, 3.05) is 19.7 Å². The van der Waals surface area contributed by atoms with Crippen LogP contribution in [0.5, 0.6) is 5.88 Å². The van der Waals surface area contributed by atoms with E-state index >= 15 is 0 Å². The van der Waals surface area contributed by atoms with Crippen molar-refractivity contribution in [1.29, 1.82) is 5.26 Å². The first-order valence-corrected chi connectivity index (χ1v) is 7.35. The van der Waals surface area contributed by atoms with Gasteiger partial charge in [0.25, 0.3) is 0 Å². The standard InChI is InChI=1S/C16H21N3O3/c1-16(2,3)22-15(20)19-8-6-12(10-19)11-21-14-13(9-17)5-4-7-18-14/h4-5,7,12H,6,8,10-11H2,1-3H3/t12-/m0/s1. The van der Waals surface area contributed by atoms with E-state index in [9.17, 15) is 4.79 Å². The number of carbonyl (C=O) groups excluding carboxylic acids is 1. The summed E-state index contributed by atoms with van der Waals surface area (Å²) in [6.45, 7) is 7.26. The van der Waals surface area contributed by atoms with Crippen molar-refractivity contribution in [3.8, 4) is 11.9 Å². The van der Waals surface area contributed by atoms with Gasteiger partial charge in [-0.3, -0.25) is 0 Å². The van der Waals surface area contributed by atoms with Crippen molar-refractivity contribution in [3.63, 3.8) is 0 Å². The predicted molar refractivity (Wildman–Crippen MR) is 80.4 cm³/mol. The number of carbonyl (C=O) groups is 1. The highest BCUT2D eigenvalue weighted by Crippen LogP contribution is 2.21. The monoisotopic (exact) mass is 303 g/mol. The van der Waals surface area contributed by atoms with Gasteiger partial charge in [-0.05, 0) is 39.3 Å². The summed E-state index contributed by atoms with van der Waals surface area (Å²) in [6, 6.07) is 5.42. The number of pyridine rings is 1. The molecule has 1 atom stereocenters. The maximum Gasteiger partial charge on any atom is 0.410 e. The van der Waals surface area contributed by atoms with Gasteiger partial charge in [0, 0.05) is 25.2 Å². The SMILES string of the molecule is CC(C)(C)OC(=O)N1CC[C@H](COc2ncccc2C#N)C1. The van der Waals surface area contributed by atoms with E-state index < -0.39 is 5.60 Å². The molecule has 0 radical (unpaired) electrons. The Morgan fingerprint density at radius 2 is 2.32 bits per heavy atom. The first-order valence-electron chi connectivity index (χ1n) is 7.35. The molecule has 0 aromatic carbocycles. The highest BCUT2D eigenvalue weighted by Gasteiger charge is 2.30. The fourth-order valence-corrected chi connectivity index (χ4v) is 2.25. The molecular weight excluding hydrogens is 282 g/mol. The zero-order valence-corrected chi connectivity index (χ0v) is 13.2. The minimum absolute atomic E-state index is 0.223. The van der Waals surface area contributed by atoms with Gasteiger partial charge in [-0.1, -0.05) is 0 Å². The van der Waals surface area contributed by atoms with Crippen LogP contribution in [0.1, 0.15) is 32.8 Å². The van der Waals surface area contributed by atoms with Crippen LogP contribution in [0.25, 0.3) is 0 Å². The van der Waals surface area contributed by atoms with Gasteiger partial charge in [0.2, 0.25) is 5.88 Å². The van der Waals surface area contributed by atoms with Gasteiger partial charge in [0.15, 0.2) is 0 Å². The molecule has 2 heterocycles. The molecule has 0 saturated carbocycles. The number of hydrogen-bond donors (Lipinski definition) is 0. The summed E-state index contributed by atoms with van der Waals surface area (Å²) in [4.78, 5) is 17.7. The van der Waals surface area contributed by atoms with Crippen molar-refractivity contribution in [2.45, 2.75) is 32.8 Å². The maximum absolute atomic E-state index is 12.0. The second-order valence-electron chi connectivity index (χ2n) is 6.36. The maximum atomic E-state index is 12.0. The normalized spacial score (nSPS) is 17.9. The first kappa shape index (κ1) is 16.1. The molecule has 0 aliphatic carbocycles. The topological polar surface area (TPSA) is 75.4 Å². The Balaban J connectivity index is 1.84. The highest BCUT2D eigenvalue weighted by molar-refractivity contribution is 5.68. The van der Waals surface area contributed by atoms with E-state index in [0.717, 1.165) is 6.42 Å². The molecule has 0 unspecified atom stereocenters. The second kappa shape index (κ2) is 6.65. The third-order valence-electron chi connectivity index (χ3n) is 3.28. The molecule has 1 aliphatic rings. The average molecular weight is 303 g/mol. The van der Waals surface area contributed by atoms with Crippen LogP contribution >= 0.6 is 0 Å². The fraction of sp³-hybridized carbons (Fsp3) is 0.562. The number of nitriles is 1. The van der Waals surface area contributed by atoms with Crippen molar-refractivity contribution < 1.29 is 14.3 Å². The van der Waals surface area contributed by atoms with Gasteiger partial charge < -0.3 is 14.4 Å². The van der Waals surface area contributed by atoms with Gasteiger partial charge >= 0.3 is 6.09 Å². The van der Waals surface area contributed by atoms with Crippen LogP contribution in [0.2, 0.25) is 0 Å². The molecule has 0 bridgehead atoms. The molecule has 6 nitrogen and oxygen atoms in total. The van der Waals surface area contributed by atoms with Crippen LogP contribution in [-0.4, -0.2) is 41.3 Å². The van der Waals surface area contributed by atoms with E-state index in [1.54, 1.807) is 23.2 Å². The van der Waals surface area contributed by atoms with Crippen molar-refractivity contribution in [2.24, 2.45) is 5.92 Å². The molecule has 1 amide bonds. The van der Waals surface area contributed by atoms with Crippen LogP contribution in [0, 0.1) is 17.2 Å². The van der Waals surface area contributed by atoms with Gasteiger partial charge in [-0.25, -0.2) is 9.78 Å². The van der Waals surface area contributed by atoms with Crippen molar-refractivity contribution in [3.05, 3.63) is 23.9 Å². The lowest BCUT2D eigenvalue weighted by Gasteiger charge is -2.24. The number of amides is 1. The molecule has 0 spiro atoms. The summed E-state index contributed by atoms with van der Waals surface area (Å²) < 4.78 is 11.0. The van der Waals surface area contributed by atoms with Crippen LogP contribution in [0.15, 0.2) is 18.3 Å². The van der Waals surface area contributed by atoms with Crippen molar-refractivity contribution >= 4 is 6.09 Å². The smallest absolute Gasteiger partial charge is 0.410 e. The Hall–Kier alpha value is -2.29. The zero-order chi connectivity index (χ0) is 16.2. The second-order valence-corrected chi connectivity index (χ2v) is 6.36. The summed E-state index contributed by atoms with van der Waals surface area (Å²) in [7, 11) is 0. The van der Waals surface area contributed by atoms with Crippen molar-refractivity contribution in [1.82, 2.24) is 9.88 Å². The minimum Gasteiger partial charge on any atom is -0.476 e. The summed E-state index contributed by atoms with van der Waals surface area (Å²) >= 11 is 0. The molecule has 2 rings (SSSR count). The molecule has 118 valence electrons. The lowest BCUT2D eigenvalue weighted by Crippen LogP contribution is -2.35. The van der Waals surface area contributed by atoms with E-state index in [1.165, 1.54) is 0 Å². The summed E-state index contributed by atoms with van der Waals surface area (Å²) in [5.41, 5.74) is -0.0640. The fourth-order valence-electron chi connectivity index (χ4n) is 2.25. The Morgan fingerprint density at radius 1 is 1.55 bits per heavy atom. The van der Waals surface area contributed by atoms with Gasteiger partial charge in [0.05, 0.1) is 6.61 Å². The zero-order valence-electron chi connectivity index (χ0n) is 13.2. The third kappa shape index (κ3) is 4.35. The molecule has 1 aromatic heterocycles. The molecule has 22 heavy (non-hydrogen) atoms. The Labute approximate surface area is 130 Å². The molecule has 1 fully saturated rings. The number of likely N-dealkylation sites (tertiary alicyclic amines) is 1. The lowest BCUT2D eigenvalue weighted by molar-refractivity contribution is 0.0284. The Morgan fingerprint density at radius 3 is 3.00 bits per heavy atom. The quantitative estimate of drug-likeness (QED) is 0.858. The van der Waals surface area contributed by atoms with E-state index in [-0.39, 0.29) is 12.0 Å². The van der Waals surface area contributed by atoms with Gasteiger partial charge in [-0.15, -0.1) is 0 Å². The van der Waals surface area contributed by atoms with Gasteiger partial charge in [0.1, 0.15) is 17.2 Å². The largest absolute Gasteiger partial charge is 0.476 e. The Bertz CT molecular complexity index is 575. The molecule has 6 heteroatoms. The summed E-state index contributed by atoms with van der Waals surface area (Å²) in [5.74, 6) is 0.571. The minimum atomic E-state index is -0.485. The van der Waals surface area contributed by atoms with Crippen LogP contribution in [-0.2, 0) is 4.74 Å². The van der Waals surface area contributed by atoms with Crippen LogP contribution in [0.4, 0.5) is 4.79 Å². The number of rotatable bonds is 3. The Kier molecular flexibility index (Phi) is 4.86. The molecular formula is C16H21N3O3. The van der Waals surface area contributed by atoms with E-state index in [1.807, 2.05) is 20.8 Å². The van der Waals surface area contributed by atoms with Crippen LogP contribution in [0.3, 0.4) is 0 Å². The number of ether oxygens (including phenoxy) is 2. The highest BCUT2D eigenvalue weighted by atomic mass is 16.6. The first-order chi connectivity index (χ1) is 10.4. The molecule has 0 N–H and O–H groups in total. The molecule has 1 saturated heterocycles. The number of nitrogens with zero attached hydrogens (tertiary/aromatic N) is 3. The van der Waals surface area contributed by atoms with Crippen LogP contribution < -0.4 is 4.74 Å². The summed E-state index contributed by atoms with van der Waals surface area (Å²) in [6.07, 6.45) is 2.16. The average Bonchev–Trinajstić information content (AvgIpc) is 2.92. The van der Waals surface area contributed by atoms with E-state index in [4.69, 9.17) is 14.7 Å². The number of hydrogen-bond acceptors (Lipinski definition) is 5. The van der Waals surface area contributed by atoms with E-state index in [2.05, 4.69) is 11.1 Å². The predicted octanol–water partition coefficient (Wildman–Crippen LogP) is 2.59. The van der Waals surface area contributed by atoms with Gasteiger partial charge in [-0.2, -0.15) is 5.26 Å². The lowest BCUT2D eigenvalue weighted by atomic mass is 10.1. The summed E-state index contributed by atoms with van der Waals surface area (Å²) in [5, 5.41) is 8.99. The number of aromatic nitrogens is 1. The third-order valence-corrected chi connectivity index (χ3v) is 3.28. The molecule has 1 aliphatic heterocycles. The molecule has 1 aromatic rings.